The normalized spacial score (nSPS) is 55.9. The second-order valence-electron chi connectivity index (χ2n) is 10.2. The molecule has 3 aliphatic carbocycles. The molecule has 0 aromatic carbocycles. The minimum Gasteiger partial charge on any atom is -0.374 e. The first-order chi connectivity index (χ1) is 11.4. The van der Waals surface area contributed by atoms with Gasteiger partial charge < -0.3 is 14.2 Å². The van der Waals surface area contributed by atoms with Gasteiger partial charge in [0.1, 0.15) is 0 Å². The molecule has 6 unspecified atom stereocenters. The molecule has 6 atom stereocenters. The molecule has 5 fully saturated rings. The van der Waals surface area contributed by atoms with Crippen molar-refractivity contribution in [3.63, 3.8) is 0 Å². The van der Waals surface area contributed by atoms with Gasteiger partial charge in [-0.05, 0) is 67.6 Å². The summed E-state index contributed by atoms with van der Waals surface area (Å²) < 4.78 is 18.8. The van der Waals surface area contributed by atoms with Crippen LogP contribution in [0.4, 0.5) is 0 Å². The highest BCUT2D eigenvalue weighted by Gasteiger charge is 2.65. The van der Waals surface area contributed by atoms with E-state index in [9.17, 15) is 0 Å². The average molecular weight is 335 g/mol. The van der Waals surface area contributed by atoms with E-state index in [-0.39, 0.29) is 16.8 Å². The molecular formula is C21H34O3. The highest BCUT2D eigenvalue weighted by molar-refractivity contribution is 5.13. The van der Waals surface area contributed by atoms with Crippen LogP contribution in [0, 0.1) is 28.6 Å². The smallest absolute Gasteiger partial charge is 0.171 e. The molecule has 24 heavy (non-hydrogen) atoms. The number of hydrogen-bond donors (Lipinski definition) is 0. The maximum atomic E-state index is 6.72. The summed E-state index contributed by atoms with van der Waals surface area (Å²) in [7, 11) is 0. The molecule has 5 aliphatic rings. The Bertz CT molecular complexity index is 527. The lowest BCUT2D eigenvalue weighted by molar-refractivity contribution is -0.307. The number of rotatable bonds is 0. The summed E-state index contributed by atoms with van der Waals surface area (Å²) in [6.07, 6.45) is 10.3. The van der Waals surface area contributed by atoms with Gasteiger partial charge in [-0.3, -0.25) is 0 Å². The summed E-state index contributed by atoms with van der Waals surface area (Å²) in [4.78, 5) is 0. The molecule has 0 amide bonds. The van der Waals surface area contributed by atoms with Gasteiger partial charge in [0.05, 0.1) is 25.4 Å². The minimum absolute atomic E-state index is 0.0941. The highest BCUT2D eigenvalue weighted by Crippen LogP contribution is 2.67. The van der Waals surface area contributed by atoms with Gasteiger partial charge in [0, 0.05) is 12.8 Å². The Morgan fingerprint density at radius 2 is 1.58 bits per heavy atom. The van der Waals surface area contributed by atoms with E-state index >= 15 is 0 Å². The summed E-state index contributed by atoms with van der Waals surface area (Å²) in [5.74, 6) is 2.15. The van der Waals surface area contributed by atoms with E-state index in [1.54, 1.807) is 0 Å². The molecule has 136 valence electrons. The van der Waals surface area contributed by atoms with Crippen LogP contribution in [0.3, 0.4) is 0 Å². The summed E-state index contributed by atoms with van der Waals surface area (Å²) in [6, 6.07) is 0. The Balaban J connectivity index is 1.46. The number of fused-ring (bicyclic) bond motifs is 5. The summed E-state index contributed by atoms with van der Waals surface area (Å²) in [6.45, 7) is 9.92. The van der Waals surface area contributed by atoms with Crippen LogP contribution in [-0.4, -0.2) is 31.2 Å². The van der Waals surface area contributed by atoms with E-state index in [4.69, 9.17) is 14.2 Å². The maximum absolute atomic E-state index is 6.72. The third kappa shape index (κ3) is 1.95. The maximum Gasteiger partial charge on any atom is 0.171 e. The molecule has 0 N–H and O–H groups in total. The summed E-state index contributed by atoms with van der Waals surface area (Å²) in [5, 5.41) is 0. The lowest BCUT2D eigenvalue weighted by Crippen LogP contribution is -2.66. The Kier molecular flexibility index (Phi) is 3.34. The van der Waals surface area contributed by atoms with E-state index in [0.29, 0.717) is 5.41 Å². The Morgan fingerprint density at radius 3 is 2.38 bits per heavy atom. The Morgan fingerprint density at radius 1 is 0.792 bits per heavy atom. The zero-order valence-electron chi connectivity index (χ0n) is 15.7. The van der Waals surface area contributed by atoms with E-state index in [1.807, 2.05) is 0 Å². The van der Waals surface area contributed by atoms with Gasteiger partial charge in [-0.15, -0.1) is 0 Å². The van der Waals surface area contributed by atoms with Crippen LogP contribution in [-0.2, 0) is 14.2 Å². The van der Waals surface area contributed by atoms with Crippen molar-refractivity contribution in [1.82, 2.24) is 0 Å². The van der Waals surface area contributed by atoms with Crippen molar-refractivity contribution in [2.75, 3.05) is 19.8 Å². The molecular weight excluding hydrogens is 300 g/mol. The molecule has 0 aromatic rings. The van der Waals surface area contributed by atoms with Gasteiger partial charge >= 0.3 is 0 Å². The molecule has 2 saturated heterocycles. The van der Waals surface area contributed by atoms with E-state index in [2.05, 4.69) is 20.8 Å². The number of hydrogen-bond acceptors (Lipinski definition) is 3. The van der Waals surface area contributed by atoms with E-state index < -0.39 is 0 Å². The summed E-state index contributed by atoms with van der Waals surface area (Å²) >= 11 is 0. The molecule has 3 heteroatoms. The molecule has 0 bridgehead atoms. The largest absolute Gasteiger partial charge is 0.374 e. The first kappa shape index (κ1) is 16.1. The zero-order chi connectivity index (χ0) is 16.6. The Hall–Kier alpha value is -0.120. The van der Waals surface area contributed by atoms with Gasteiger partial charge in [0.15, 0.2) is 5.79 Å². The van der Waals surface area contributed by atoms with Crippen molar-refractivity contribution in [3.05, 3.63) is 0 Å². The third-order valence-electron chi connectivity index (χ3n) is 9.28. The van der Waals surface area contributed by atoms with Gasteiger partial charge in [0.25, 0.3) is 0 Å². The lowest BCUT2D eigenvalue weighted by atomic mass is 9.47. The van der Waals surface area contributed by atoms with E-state index in [1.165, 1.54) is 38.5 Å². The van der Waals surface area contributed by atoms with Crippen LogP contribution in [0.15, 0.2) is 0 Å². The SMILES string of the molecule is CC12CCCC1C1COC3(C)CC4(CCC3(C)C1CC2)OCCO4. The van der Waals surface area contributed by atoms with Crippen molar-refractivity contribution in [2.45, 2.75) is 83.5 Å². The molecule has 2 aliphatic heterocycles. The van der Waals surface area contributed by atoms with Gasteiger partial charge in [-0.2, -0.15) is 0 Å². The van der Waals surface area contributed by atoms with Crippen LogP contribution in [0.25, 0.3) is 0 Å². The molecule has 2 heterocycles. The predicted octanol–water partition coefficient (Wildman–Crippen LogP) is 4.54. The van der Waals surface area contributed by atoms with Gasteiger partial charge in [-0.25, -0.2) is 0 Å². The zero-order valence-corrected chi connectivity index (χ0v) is 15.7. The topological polar surface area (TPSA) is 27.7 Å². The molecule has 0 aromatic heterocycles. The first-order valence-electron chi connectivity index (χ1n) is 10.3. The second-order valence-corrected chi connectivity index (χ2v) is 10.2. The fourth-order valence-electron chi connectivity index (χ4n) is 7.64. The van der Waals surface area contributed by atoms with Crippen LogP contribution >= 0.6 is 0 Å². The lowest BCUT2D eigenvalue weighted by Gasteiger charge is -2.65. The highest BCUT2D eigenvalue weighted by atomic mass is 16.7. The van der Waals surface area contributed by atoms with E-state index in [0.717, 1.165) is 50.4 Å². The Labute approximate surface area is 146 Å². The van der Waals surface area contributed by atoms with Crippen LogP contribution < -0.4 is 0 Å². The summed E-state index contributed by atoms with van der Waals surface area (Å²) in [5.41, 5.74) is 0.783. The van der Waals surface area contributed by atoms with Crippen LogP contribution in [0.5, 0.6) is 0 Å². The third-order valence-corrected chi connectivity index (χ3v) is 9.28. The number of ether oxygens (including phenoxy) is 3. The van der Waals surface area contributed by atoms with Crippen molar-refractivity contribution in [3.8, 4) is 0 Å². The average Bonchev–Trinajstić information content (AvgIpc) is 3.15. The monoisotopic (exact) mass is 334 g/mol. The molecule has 3 nitrogen and oxygen atoms in total. The fourth-order valence-corrected chi connectivity index (χ4v) is 7.64. The van der Waals surface area contributed by atoms with Gasteiger partial charge in [-0.1, -0.05) is 20.3 Å². The van der Waals surface area contributed by atoms with Gasteiger partial charge in [0.2, 0.25) is 0 Å². The van der Waals surface area contributed by atoms with Crippen molar-refractivity contribution in [2.24, 2.45) is 28.6 Å². The van der Waals surface area contributed by atoms with Crippen LogP contribution in [0.1, 0.15) is 72.1 Å². The standard InChI is InChI=1S/C21H34O3/c1-18-7-4-5-16(18)15-13-24-20(3)14-21(22-11-12-23-21)10-9-19(20,2)17(15)6-8-18/h15-17H,4-14H2,1-3H3. The predicted molar refractivity (Wildman–Crippen MR) is 92.6 cm³/mol. The first-order valence-corrected chi connectivity index (χ1v) is 10.3. The molecule has 5 rings (SSSR count). The van der Waals surface area contributed by atoms with Crippen molar-refractivity contribution < 1.29 is 14.2 Å². The van der Waals surface area contributed by atoms with Crippen molar-refractivity contribution in [1.29, 1.82) is 0 Å². The molecule has 1 spiro atoms. The van der Waals surface area contributed by atoms with Crippen LogP contribution in [0.2, 0.25) is 0 Å². The van der Waals surface area contributed by atoms with Crippen molar-refractivity contribution >= 4 is 0 Å². The second kappa shape index (κ2) is 4.98. The molecule has 3 saturated carbocycles. The quantitative estimate of drug-likeness (QED) is 0.651. The minimum atomic E-state index is -0.350. The fraction of sp³-hybridized carbons (Fsp3) is 1.00. The molecule has 0 radical (unpaired) electrons.